The van der Waals surface area contributed by atoms with Crippen molar-refractivity contribution < 1.29 is 0 Å². The molecule has 4 nitrogen and oxygen atoms in total. The number of rotatable bonds is 4. The number of likely N-dealkylation sites (N-methyl/N-ethyl adjacent to an activating group) is 1. The first-order valence-electron chi connectivity index (χ1n) is 9.09. The summed E-state index contributed by atoms with van der Waals surface area (Å²) >= 11 is 0. The molecular formula is C19H32N4. The summed E-state index contributed by atoms with van der Waals surface area (Å²) in [6, 6.07) is 4.36. The molecule has 2 heterocycles. The van der Waals surface area contributed by atoms with Gasteiger partial charge in [0, 0.05) is 50.7 Å². The number of hydrogen-bond acceptors (Lipinski definition) is 4. The molecule has 3 rings (SSSR count). The van der Waals surface area contributed by atoms with Crippen LogP contribution in [0.25, 0.3) is 0 Å². The van der Waals surface area contributed by atoms with Gasteiger partial charge in [-0.1, -0.05) is 20.8 Å². The summed E-state index contributed by atoms with van der Waals surface area (Å²) in [5.41, 5.74) is 1.79. The molecule has 1 aliphatic heterocycles. The Morgan fingerprint density at radius 3 is 2.65 bits per heavy atom. The van der Waals surface area contributed by atoms with Crippen molar-refractivity contribution in [2.45, 2.75) is 33.6 Å². The molecule has 23 heavy (non-hydrogen) atoms. The molecule has 0 amide bonds. The minimum Gasteiger partial charge on any atom is -0.370 e. The summed E-state index contributed by atoms with van der Waals surface area (Å²) in [5.74, 6) is 2.56. The summed E-state index contributed by atoms with van der Waals surface area (Å²) in [7, 11) is 2.20. The normalized spacial score (nSPS) is 28.1. The van der Waals surface area contributed by atoms with Crippen molar-refractivity contribution in [3.05, 3.63) is 18.3 Å². The zero-order chi connectivity index (χ0) is 16.4. The number of aromatic nitrogens is 1. The van der Waals surface area contributed by atoms with Gasteiger partial charge in [-0.05, 0) is 43.2 Å². The van der Waals surface area contributed by atoms with E-state index in [1.807, 2.05) is 6.20 Å². The Balaban J connectivity index is 1.58. The fraction of sp³-hybridized carbons (Fsp3) is 0.737. The first kappa shape index (κ1) is 16.6. The lowest BCUT2D eigenvalue weighted by atomic mass is 9.80. The van der Waals surface area contributed by atoms with Crippen molar-refractivity contribution >= 4 is 11.5 Å². The third-order valence-electron chi connectivity index (χ3n) is 6.26. The van der Waals surface area contributed by atoms with Crippen LogP contribution in [0.2, 0.25) is 0 Å². The van der Waals surface area contributed by atoms with Crippen LogP contribution in [0.4, 0.5) is 11.5 Å². The smallest absolute Gasteiger partial charge is 0.127 e. The molecule has 2 atom stereocenters. The molecule has 1 N–H and O–H groups in total. The Labute approximate surface area is 141 Å². The lowest BCUT2D eigenvalue weighted by Gasteiger charge is -2.34. The lowest BCUT2D eigenvalue weighted by Crippen LogP contribution is -2.44. The Morgan fingerprint density at radius 2 is 2.00 bits per heavy atom. The van der Waals surface area contributed by atoms with Gasteiger partial charge in [0.15, 0.2) is 0 Å². The monoisotopic (exact) mass is 316 g/mol. The van der Waals surface area contributed by atoms with Crippen LogP contribution in [0, 0.1) is 17.3 Å². The third-order valence-corrected chi connectivity index (χ3v) is 6.26. The fourth-order valence-electron chi connectivity index (χ4n) is 3.97. The maximum Gasteiger partial charge on any atom is 0.127 e. The minimum absolute atomic E-state index is 0.488. The van der Waals surface area contributed by atoms with Gasteiger partial charge in [-0.2, -0.15) is 0 Å². The average Bonchev–Trinajstić information content (AvgIpc) is 2.80. The molecule has 1 saturated carbocycles. The molecule has 4 heteroatoms. The molecule has 1 aromatic heterocycles. The van der Waals surface area contributed by atoms with Gasteiger partial charge < -0.3 is 15.1 Å². The number of pyridine rings is 1. The predicted molar refractivity (Wildman–Crippen MR) is 98.1 cm³/mol. The SMILES string of the molecule is C[C@H]1[C@@H](CNc2cc(N3CCN(C)CC3)ccn2)CCC1(C)C. The third kappa shape index (κ3) is 3.79. The zero-order valence-electron chi connectivity index (χ0n) is 15.2. The van der Waals surface area contributed by atoms with Gasteiger partial charge in [-0.15, -0.1) is 0 Å². The van der Waals surface area contributed by atoms with E-state index in [4.69, 9.17) is 0 Å². The van der Waals surface area contributed by atoms with E-state index in [1.54, 1.807) is 0 Å². The Kier molecular flexibility index (Phi) is 4.81. The number of nitrogens with one attached hydrogen (secondary N) is 1. The molecule has 0 aromatic carbocycles. The standard InChI is InChI=1S/C19H32N4/c1-15-16(5-7-19(15,2)3)14-21-18-13-17(6-8-20-18)23-11-9-22(4)10-12-23/h6,8,13,15-16H,5,7,9-12,14H2,1-4H3,(H,20,21)/t15-,16+/m0/s1. The number of piperazine rings is 1. The van der Waals surface area contributed by atoms with Crippen LogP contribution in [0.5, 0.6) is 0 Å². The first-order valence-corrected chi connectivity index (χ1v) is 9.09. The maximum absolute atomic E-state index is 4.52. The zero-order valence-corrected chi connectivity index (χ0v) is 15.2. The van der Waals surface area contributed by atoms with Crippen molar-refractivity contribution in [2.75, 3.05) is 50.0 Å². The fourth-order valence-corrected chi connectivity index (χ4v) is 3.97. The van der Waals surface area contributed by atoms with Gasteiger partial charge in [-0.25, -0.2) is 4.98 Å². The van der Waals surface area contributed by atoms with Gasteiger partial charge in [-0.3, -0.25) is 0 Å². The highest BCUT2D eigenvalue weighted by Crippen LogP contribution is 2.46. The number of nitrogens with zero attached hydrogens (tertiary/aromatic N) is 3. The first-order chi connectivity index (χ1) is 11.0. The predicted octanol–water partition coefficient (Wildman–Crippen LogP) is 3.32. The van der Waals surface area contributed by atoms with Crippen LogP contribution in [0.15, 0.2) is 18.3 Å². The van der Waals surface area contributed by atoms with Crippen LogP contribution in [0.3, 0.4) is 0 Å². The summed E-state index contributed by atoms with van der Waals surface area (Å²) in [5, 5.41) is 3.59. The molecule has 1 aromatic rings. The molecule has 128 valence electrons. The largest absolute Gasteiger partial charge is 0.370 e. The average molecular weight is 316 g/mol. The van der Waals surface area contributed by atoms with Crippen molar-refractivity contribution in [3.63, 3.8) is 0 Å². The summed E-state index contributed by atoms with van der Waals surface area (Å²) < 4.78 is 0. The molecular weight excluding hydrogens is 284 g/mol. The highest BCUT2D eigenvalue weighted by molar-refractivity contribution is 5.54. The van der Waals surface area contributed by atoms with E-state index in [0.717, 1.165) is 50.4 Å². The van der Waals surface area contributed by atoms with E-state index in [1.165, 1.54) is 18.5 Å². The highest BCUT2D eigenvalue weighted by atomic mass is 15.2. The van der Waals surface area contributed by atoms with E-state index in [-0.39, 0.29) is 0 Å². The topological polar surface area (TPSA) is 31.4 Å². The van der Waals surface area contributed by atoms with E-state index in [9.17, 15) is 0 Å². The van der Waals surface area contributed by atoms with E-state index < -0.39 is 0 Å². The van der Waals surface area contributed by atoms with Crippen molar-refractivity contribution in [3.8, 4) is 0 Å². The molecule has 0 unspecified atom stereocenters. The second-order valence-electron chi connectivity index (χ2n) is 8.15. The minimum atomic E-state index is 0.488. The van der Waals surface area contributed by atoms with Crippen LogP contribution >= 0.6 is 0 Å². The molecule has 1 saturated heterocycles. The van der Waals surface area contributed by atoms with Crippen LogP contribution in [-0.4, -0.2) is 49.7 Å². The number of hydrogen-bond donors (Lipinski definition) is 1. The van der Waals surface area contributed by atoms with Crippen LogP contribution in [0.1, 0.15) is 33.6 Å². The molecule has 2 fully saturated rings. The van der Waals surface area contributed by atoms with E-state index in [0.29, 0.717) is 5.41 Å². The molecule has 0 radical (unpaired) electrons. The number of anilines is 2. The lowest BCUT2D eigenvalue weighted by molar-refractivity contribution is 0.244. The van der Waals surface area contributed by atoms with Crippen LogP contribution < -0.4 is 10.2 Å². The quantitative estimate of drug-likeness (QED) is 0.923. The second-order valence-corrected chi connectivity index (χ2v) is 8.15. The Hall–Kier alpha value is -1.29. The van der Waals surface area contributed by atoms with Gasteiger partial charge in [0.2, 0.25) is 0 Å². The van der Waals surface area contributed by atoms with E-state index in [2.05, 4.69) is 60.1 Å². The summed E-state index contributed by atoms with van der Waals surface area (Å²) in [4.78, 5) is 9.38. The summed E-state index contributed by atoms with van der Waals surface area (Å²) in [6.45, 7) is 12.8. The van der Waals surface area contributed by atoms with Crippen LogP contribution in [-0.2, 0) is 0 Å². The molecule has 2 aliphatic rings. The van der Waals surface area contributed by atoms with Gasteiger partial charge in [0.25, 0.3) is 0 Å². The maximum atomic E-state index is 4.52. The Bertz CT molecular complexity index is 520. The Morgan fingerprint density at radius 1 is 1.26 bits per heavy atom. The van der Waals surface area contributed by atoms with Crippen molar-refractivity contribution in [2.24, 2.45) is 17.3 Å². The molecule has 0 spiro atoms. The van der Waals surface area contributed by atoms with Gasteiger partial charge >= 0.3 is 0 Å². The van der Waals surface area contributed by atoms with Gasteiger partial charge in [0.1, 0.15) is 5.82 Å². The van der Waals surface area contributed by atoms with Crippen molar-refractivity contribution in [1.29, 1.82) is 0 Å². The molecule has 1 aliphatic carbocycles. The van der Waals surface area contributed by atoms with Crippen molar-refractivity contribution in [1.82, 2.24) is 9.88 Å². The summed E-state index contributed by atoms with van der Waals surface area (Å²) in [6.07, 6.45) is 4.62. The van der Waals surface area contributed by atoms with Gasteiger partial charge in [0.05, 0.1) is 0 Å². The molecule has 0 bridgehead atoms. The second kappa shape index (κ2) is 6.68. The van der Waals surface area contributed by atoms with E-state index >= 15 is 0 Å². The highest BCUT2D eigenvalue weighted by Gasteiger charge is 2.38.